The molecule has 5 N–H and O–H groups in total. The molecule has 0 saturated carbocycles. The van der Waals surface area contributed by atoms with Gasteiger partial charge in [0.25, 0.3) is 0 Å². The van der Waals surface area contributed by atoms with Gasteiger partial charge in [0.15, 0.2) is 0 Å². The molecular formula is C7H8BrClN4. The summed E-state index contributed by atoms with van der Waals surface area (Å²) >= 11 is 9.06. The van der Waals surface area contributed by atoms with Gasteiger partial charge in [-0.15, -0.1) is 0 Å². The Morgan fingerprint density at radius 1 is 1.54 bits per heavy atom. The first-order chi connectivity index (χ1) is 6.13. The molecule has 0 amide bonds. The third-order valence-corrected chi connectivity index (χ3v) is 2.20. The molecule has 70 valence electrons. The van der Waals surface area contributed by atoms with Gasteiger partial charge < -0.3 is 5.73 Å². The van der Waals surface area contributed by atoms with Crippen LogP contribution in [-0.4, -0.2) is 5.96 Å². The van der Waals surface area contributed by atoms with Crippen LogP contribution in [0.5, 0.6) is 0 Å². The fraction of sp³-hybridized carbons (Fsp3) is 0. The second-order valence-electron chi connectivity index (χ2n) is 2.24. The molecule has 0 aliphatic heterocycles. The summed E-state index contributed by atoms with van der Waals surface area (Å²) in [6.45, 7) is 0. The first-order valence-corrected chi connectivity index (χ1v) is 4.56. The number of nitrogens with one attached hydrogen (secondary N) is 1. The van der Waals surface area contributed by atoms with Crippen molar-refractivity contribution in [3.05, 3.63) is 27.7 Å². The summed E-state index contributed by atoms with van der Waals surface area (Å²) in [5, 5.41) is 0.590. The summed E-state index contributed by atoms with van der Waals surface area (Å²) in [5.41, 5.74) is 8.23. The van der Waals surface area contributed by atoms with Crippen LogP contribution in [0.1, 0.15) is 0 Å². The lowest BCUT2D eigenvalue weighted by Gasteiger charge is -2.01. The van der Waals surface area contributed by atoms with Crippen molar-refractivity contribution < 1.29 is 0 Å². The molecule has 0 aliphatic rings. The fourth-order valence-electron chi connectivity index (χ4n) is 0.734. The van der Waals surface area contributed by atoms with Crippen molar-refractivity contribution in [3.63, 3.8) is 0 Å². The number of rotatable bonds is 1. The van der Waals surface area contributed by atoms with Crippen LogP contribution in [0.4, 0.5) is 5.69 Å². The van der Waals surface area contributed by atoms with Crippen molar-refractivity contribution in [2.24, 2.45) is 16.6 Å². The molecule has 0 atom stereocenters. The number of nitrogens with zero attached hydrogens (tertiary/aromatic N) is 1. The lowest BCUT2D eigenvalue weighted by Crippen LogP contribution is -2.36. The summed E-state index contributed by atoms with van der Waals surface area (Å²) in [7, 11) is 0. The molecule has 0 saturated heterocycles. The Kier molecular flexibility index (Phi) is 3.53. The molecule has 0 radical (unpaired) electrons. The van der Waals surface area contributed by atoms with E-state index >= 15 is 0 Å². The first-order valence-electron chi connectivity index (χ1n) is 3.39. The highest BCUT2D eigenvalue weighted by Crippen LogP contribution is 2.28. The zero-order chi connectivity index (χ0) is 9.84. The molecule has 1 rings (SSSR count). The summed E-state index contributed by atoms with van der Waals surface area (Å²) in [6, 6.07) is 5.21. The molecule has 0 unspecified atom stereocenters. The molecule has 1 aromatic carbocycles. The molecule has 0 spiro atoms. The fourth-order valence-corrected chi connectivity index (χ4v) is 1.24. The molecule has 6 heteroatoms. The molecular weight excluding hydrogens is 255 g/mol. The second-order valence-corrected chi connectivity index (χ2v) is 3.53. The lowest BCUT2D eigenvalue weighted by molar-refractivity contribution is 1.01. The van der Waals surface area contributed by atoms with E-state index < -0.39 is 0 Å². The topological polar surface area (TPSA) is 76.4 Å². The van der Waals surface area contributed by atoms with Crippen LogP contribution in [-0.2, 0) is 0 Å². The maximum Gasteiger partial charge on any atom is 0.208 e. The van der Waals surface area contributed by atoms with Gasteiger partial charge in [-0.2, -0.15) is 0 Å². The van der Waals surface area contributed by atoms with Crippen molar-refractivity contribution in [1.82, 2.24) is 5.43 Å². The van der Waals surface area contributed by atoms with E-state index in [1.54, 1.807) is 18.2 Å². The highest BCUT2D eigenvalue weighted by molar-refractivity contribution is 9.10. The van der Waals surface area contributed by atoms with Gasteiger partial charge in [-0.3, -0.25) is 5.43 Å². The number of halogens is 2. The van der Waals surface area contributed by atoms with E-state index in [2.05, 4.69) is 26.3 Å². The van der Waals surface area contributed by atoms with Crippen LogP contribution in [0.2, 0.25) is 5.02 Å². The Morgan fingerprint density at radius 3 is 2.85 bits per heavy atom. The zero-order valence-electron chi connectivity index (χ0n) is 6.59. The first kappa shape index (κ1) is 10.3. The Morgan fingerprint density at radius 2 is 2.23 bits per heavy atom. The smallest absolute Gasteiger partial charge is 0.208 e. The maximum atomic E-state index is 5.76. The summed E-state index contributed by atoms with van der Waals surface area (Å²) in [5.74, 6) is 5.18. The predicted molar refractivity (Wildman–Crippen MR) is 57.8 cm³/mol. The highest BCUT2D eigenvalue weighted by Gasteiger charge is 1.99. The summed E-state index contributed by atoms with van der Waals surface area (Å²) < 4.78 is 0.801. The number of nitrogens with two attached hydrogens (primary N) is 2. The van der Waals surface area contributed by atoms with Gasteiger partial charge in [0.1, 0.15) is 0 Å². The normalized spacial score (nSPS) is 11.5. The second kappa shape index (κ2) is 4.45. The lowest BCUT2D eigenvalue weighted by atomic mass is 10.3. The predicted octanol–water partition coefficient (Wildman–Crippen LogP) is 1.51. The zero-order valence-corrected chi connectivity index (χ0v) is 8.93. The monoisotopic (exact) mass is 262 g/mol. The molecule has 0 aromatic heterocycles. The SMILES string of the molecule is NNC(N)=Nc1cc(Cl)ccc1Br. The van der Waals surface area contributed by atoms with E-state index in [0.29, 0.717) is 10.7 Å². The van der Waals surface area contributed by atoms with Gasteiger partial charge in [0.05, 0.1) is 5.69 Å². The summed E-state index contributed by atoms with van der Waals surface area (Å²) in [6.07, 6.45) is 0. The van der Waals surface area contributed by atoms with E-state index in [4.69, 9.17) is 23.2 Å². The molecule has 13 heavy (non-hydrogen) atoms. The van der Waals surface area contributed by atoms with Gasteiger partial charge >= 0.3 is 0 Å². The van der Waals surface area contributed by atoms with E-state index in [9.17, 15) is 0 Å². The van der Waals surface area contributed by atoms with Crippen molar-refractivity contribution in [3.8, 4) is 0 Å². The van der Waals surface area contributed by atoms with Crippen molar-refractivity contribution >= 4 is 39.2 Å². The number of hydrogen-bond acceptors (Lipinski definition) is 2. The minimum Gasteiger partial charge on any atom is -0.369 e. The third-order valence-electron chi connectivity index (χ3n) is 1.30. The van der Waals surface area contributed by atoms with E-state index in [0.717, 1.165) is 4.47 Å². The summed E-state index contributed by atoms with van der Waals surface area (Å²) in [4.78, 5) is 3.96. The Labute approximate surface area is 89.1 Å². The highest BCUT2D eigenvalue weighted by atomic mass is 79.9. The van der Waals surface area contributed by atoms with E-state index in [-0.39, 0.29) is 5.96 Å². The standard InChI is InChI=1S/C7H8BrClN4/c8-5-2-1-4(9)3-6(5)12-7(10)13-11/h1-3H,11H2,(H3,10,12,13). The Bertz CT molecular complexity index is 339. The molecule has 0 heterocycles. The molecule has 4 nitrogen and oxygen atoms in total. The average molecular weight is 264 g/mol. The van der Waals surface area contributed by atoms with Crippen molar-refractivity contribution in [2.45, 2.75) is 0 Å². The van der Waals surface area contributed by atoms with Crippen LogP contribution < -0.4 is 17.0 Å². The average Bonchev–Trinajstić information content (AvgIpc) is 2.11. The van der Waals surface area contributed by atoms with Gasteiger partial charge in [0, 0.05) is 9.50 Å². The third kappa shape index (κ3) is 2.87. The van der Waals surface area contributed by atoms with Gasteiger partial charge in [-0.05, 0) is 34.1 Å². The number of benzene rings is 1. The molecule has 1 aromatic rings. The van der Waals surface area contributed by atoms with Gasteiger partial charge in [-0.25, -0.2) is 10.8 Å². The van der Waals surface area contributed by atoms with Crippen LogP contribution in [0.15, 0.2) is 27.7 Å². The number of hydrazine groups is 1. The quantitative estimate of drug-likeness (QED) is 0.311. The van der Waals surface area contributed by atoms with Gasteiger partial charge in [-0.1, -0.05) is 11.6 Å². The van der Waals surface area contributed by atoms with Gasteiger partial charge in [0.2, 0.25) is 5.96 Å². The van der Waals surface area contributed by atoms with E-state index in [1.165, 1.54) is 0 Å². The molecule has 0 aliphatic carbocycles. The van der Waals surface area contributed by atoms with Crippen molar-refractivity contribution in [1.29, 1.82) is 0 Å². The van der Waals surface area contributed by atoms with Crippen LogP contribution in [0, 0.1) is 0 Å². The number of guanidine groups is 1. The Balaban J connectivity index is 3.07. The Hall–Kier alpha value is -0.780. The van der Waals surface area contributed by atoms with E-state index in [1.807, 2.05) is 0 Å². The van der Waals surface area contributed by atoms with Crippen molar-refractivity contribution in [2.75, 3.05) is 0 Å². The van der Waals surface area contributed by atoms with Crippen LogP contribution in [0.25, 0.3) is 0 Å². The largest absolute Gasteiger partial charge is 0.369 e. The minimum atomic E-state index is 0.128. The number of hydrogen-bond donors (Lipinski definition) is 3. The number of aliphatic imine (C=N–C) groups is 1. The molecule has 0 fully saturated rings. The maximum absolute atomic E-state index is 5.76. The minimum absolute atomic E-state index is 0.128. The van der Waals surface area contributed by atoms with Crippen LogP contribution in [0.3, 0.4) is 0 Å². The van der Waals surface area contributed by atoms with Crippen LogP contribution >= 0.6 is 27.5 Å². The molecule has 0 bridgehead atoms.